The molecule has 0 bridgehead atoms. The van der Waals surface area contributed by atoms with E-state index in [2.05, 4.69) is 19.1 Å². The second-order valence-corrected chi connectivity index (χ2v) is 3.90. The van der Waals surface area contributed by atoms with Gasteiger partial charge in [0.2, 0.25) is 0 Å². The molecular weight excluding hydrogens is 132 g/mol. The van der Waals surface area contributed by atoms with Crippen molar-refractivity contribution in [1.29, 1.82) is 0 Å². The average molecular weight is 148 g/mol. The molecule has 0 radical (unpaired) electrons. The molecular formula is C11H16. The summed E-state index contributed by atoms with van der Waals surface area (Å²) in [5.41, 5.74) is 3.29. The topological polar surface area (TPSA) is 0 Å². The van der Waals surface area contributed by atoms with Gasteiger partial charge < -0.3 is 0 Å². The summed E-state index contributed by atoms with van der Waals surface area (Å²) in [7, 11) is 0. The van der Waals surface area contributed by atoms with Gasteiger partial charge in [0, 0.05) is 0 Å². The molecule has 1 atom stereocenters. The van der Waals surface area contributed by atoms with Crippen LogP contribution in [0.25, 0.3) is 0 Å². The van der Waals surface area contributed by atoms with E-state index in [1.165, 1.54) is 32.1 Å². The Bertz CT molecular complexity index is 208. The van der Waals surface area contributed by atoms with Crippen molar-refractivity contribution in [2.24, 2.45) is 5.92 Å². The standard InChI is InChI=1S/C11H16/c1-9-6-7-10-4-2-3-5-11(10)8-9/h6-7,11H,2-5,8H2,1H3. The summed E-state index contributed by atoms with van der Waals surface area (Å²) in [6, 6.07) is 0. The van der Waals surface area contributed by atoms with Crippen LogP contribution < -0.4 is 0 Å². The molecule has 0 aromatic heterocycles. The van der Waals surface area contributed by atoms with Crippen LogP contribution in [0.5, 0.6) is 0 Å². The van der Waals surface area contributed by atoms with Crippen molar-refractivity contribution < 1.29 is 0 Å². The Morgan fingerprint density at radius 1 is 1.27 bits per heavy atom. The number of hydrogen-bond acceptors (Lipinski definition) is 0. The molecule has 0 aromatic rings. The molecule has 11 heavy (non-hydrogen) atoms. The second-order valence-electron chi connectivity index (χ2n) is 3.90. The lowest BCUT2D eigenvalue weighted by Gasteiger charge is -2.28. The highest BCUT2D eigenvalue weighted by Gasteiger charge is 2.20. The Hall–Kier alpha value is -0.520. The largest absolute Gasteiger partial charge is 0.0727 e. The third-order valence-electron chi connectivity index (χ3n) is 2.94. The minimum absolute atomic E-state index is 0.925. The molecule has 0 aliphatic heterocycles. The van der Waals surface area contributed by atoms with Gasteiger partial charge in [-0.3, -0.25) is 0 Å². The van der Waals surface area contributed by atoms with Crippen LogP contribution in [0.4, 0.5) is 0 Å². The molecule has 0 heterocycles. The van der Waals surface area contributed by atoms with Crippen LogP contribution in [0.2, 0.25) is 0 Å². The average Bonchev–Trinajstić information content (AvgIpc) is 2.04. The highest BCUT2D eigenvalue weighted by molar-refractivity contribution is 5.26. The molecule has 2 aliphatic rings. The zero-order valence-corrected chi connectivity index (χ0v) is 7.27. The number of rotatable bonds is 0. The summed E-state index contributed by atoms with van der Waals surface area (Å²) in [4.78, 5) is 0. The van der Waals surface area contributed by atoms with Gasteiger partial charge in [-0.15, -0.1) is 0 Å². The van der Waals surface area contributed by atoms with Gasteiger partial charge in [-0.2, -0.15) is 0 Å². The van der Waals surface area contributed by atoms with Crippen LogP contribution in [-0.4, -0.2) is 0 Å². The predicted octanol–water partition coefficient (Wildman–Crippen LogP) is 3.45. The predicted molar refractivity (Wildman–Crippen MR) is 48.4 cm³/mol. The highest BCUT2D eigenvalue weighted by Crippen LogP contribution is 2.36. The van der Waals surface area contributed by atoms with E-state index in [9.17, 15) is 0 Å². The SMILES string of the molecule is CC1=CC=C2CCCCC2C1. The van der Waals surface area contributed by atoms with Crippen LogP contribution in [0.15, 0.2) is 23.3 Å². The van der Waals surface area contributed by atoms with Crippen LogP contribution in [0.3, 0.4) is 0 Å². The fourth-order valence-corrected chi connectivity index (χ4v) is 2.27. The second kappa shape index (κ2) is 2.84. The van der Waals surface area contributed by atoms with Crippen LogP contribution in [-0.2, 0) is 0 Å². The lowest BCUT2D eigenvalue weighted by Crippen LogP contribution is -2.12. The first kappa shape index (κ1) is 7.15. The highest BCUT2D eigenvalue weighted by atomic mass is 14.3. The van der Waals surface area contributed by atoms with Crippen molar-refractivity contribution in [2.75, 3.05) is 0 Å². The van der Waals surface area contributed by atoms with E-state index < -0.39 is 0 Å². The molecule has 1 unspecified atom stereocenters. The minimum atomic E-state index is 0.925. The summed E-state index contributed by atoms with van der Waals surface area (Å²) in [6.45, 7) is 2.25. The molecule has 0 nitrogen and oxygen atoms in total. The molecule has 0 N–H and O–H groups in total. The Morgan fingerprint density at radius 3 is 3.09 bits per heavy atom. The molecule has 2 rings (SSSR count). The Labute approximate surface area is 69.0 Å². The van der Waals surface area contributed by atoms with Crippen LogP contribution in [0.1, 0.15) is 39.0 Å². The van der Waals surface area contributed by atoms with E-state index >= 15 is 0 Å². The third kappa shape index (κ3) is 1.40. The van der Waals surface area contributed by atoms with Gasteiger partial charge in [-0.05, 0) is 38.5 Å². The number of fused-ring (bicyclic) bond motifs is 1. The van der Waals surface area contributed by atoms with E-state index in [1.54, 1.807) is 11.1 Å². The number of allylic oxidation sites excluding steroid dienone is 4. The maximum absolute atomic E-state index is 2.36. The van der Waals surface area contributed by atoms with Crippen molar-refractivity contribution >= 4 is 0 Å². The summed E-state index contributed by atoms with van der Waals surface area (Å²) in [5.74, 6) is 0.925. The quantitative estimate of drug-likeness (QED) is 0.493. The Balaban J connectivity index is 2.16. The summed E-state index contributed by atoms with van der Waals surface area (Å²) < 4.78 is 0. The van der Waals surface area contributed by atoms with Gasteiger partial charge in [0.25, 0.3) is 0 Å². The fourth-order valence-electron chi connectivity index (χ4n) is 2.27. The van der Waals surface area contributed by atoms with Gasteiger partial charge in [0.05, 0.1) is 0 Å². The van der Waals surface area contributed by atoms with E-state index in [-0.39, 0.29) is 0 Å². The molecule has 2 aliphatic carbocycles. The van der Waals surface area contributed by atoms with Crippen molar-refractivity contribution in [3.63, 3.8) is 0 Å². The normalized spacial score (nSPS) is 30.5. The molecule has 0 amide bonds. The van der Waals surface area contributed by atoms with E-state index in [0.29, 0.717) is 0 Å². The van der Waals surface area contributed by atoms with Gasteiger partial charge >= 0.3 is 0 Å². The molecule has 0 saturated heterocycles. The van der Waals surface area contributed by atoms with E-state index in [0.717, 1.165) is 5.92 Å². The lowest BCUT2D eigenvalue weighted by molar-refractivity contribution is 0.445. The molecule has 1 fully saturated rings. The smallest absolute Gasteiger partial charge is 0.0163 e. The van der Waals surface area contributed by atoms with E-state index in [4.69, 9.17) is 0 Å². The molecule has 1 saturated carbocycles. The lowest BCUT2D eigenvalue weighted by atomic mass is 9.78. The molecule has 0 aromatic carbocycles. The third-order valence-corrected chi connectivity index (χ3v) is 2.94. The van der Waals surface area contributed by atoms with Crippen molar-refractivity contribution in [1.82, 2.24) is 0 Å². The van der Waals surface area contributed by atoms with Gasteiger partial charge in [0.1, 0.15) is 0 Å². The maximum atomic E-state index is 2.36. The van der Waals surface area contributed by atoms with Crippen molar-refractivity contribution in [3.8, 4) is 0 Å². The van der Waals surface area contributed by atoms with Crippen LogP contribution in [0, 0.1) is 5.92 Å². The first-order chi connectivity index (χ1) is 5.36. The zero-order chi connectivity index (χ0) is 7.68. The summed E-state index contributed by atoms with van der Waals surface area (Å²) in [5, 5.41) is 0. The Morgan fingerprint density at radius 2 is 2.18 bits per heavy atom. The summed E-state index contributed by atoms with van der Waals surface area (Å²) >= 11 is 0. The minimum Gasteiger partial charge on any atom is -0.0727 e. The molecule has 60 valence electrons. The number of hydrogen-bond donors (Lipinski definition) is 0. The van der Waals surface area contributed by atoms with Crippen molar-refractivity contribution in [2.45, 2.75) is 39.0 Å². The molecule has 0 heteroatoms. The monoisotopic (exact) mass is 148 g/mol. The Kier molecular flexibility index (Phi) is 1.85. The van der Waals surface area contributed by atoms with Gasteiger partial charge in [-0.1, -0.05) is 29.7 Å². The van der Waals surface area contributed by atoms with Crippen molar-refractivity contribution in [3.05, 3.63) is 23.3 Å². The first-order valence-corrected chi connectivity index (χ1v) is 4.72. The fraction of sp³-hybridized carbons (Fsp3) is 0.636. The van der Waals surface area contributed by atoms with Crippen LogP contribution >= 0.6 is 0 Å². The first-order valence-electron chi connectivity index (χ1n) is 4.72. The molecule has 0 spiro atoms. The van der Waals surface area contributed by atoms with Gasteiger partial charge in [0.15, 0.2) is 0 Å². The van der Waals surface area contributed by atoms with E-state index in [1.807, 2.05) is 0 Å². The van der Waals surface area contributed by atoms with Gasteiger partial charge in [-0.25, -0.2) is 0 Å². The maximum Gasteiger partial charge on any atom is -0.0163 e. The zero-order valence-electron chi connectivity index (χ0n) is 7.27. The summed E-state index contributed by atoms with van der Waals surface area (Å²) in [6.07, 6.45) is 11.7.